The Labute approximate surface area is 160 Å². The number of carbonyl (C=O) groups excluding carboxylic acids is 1. The van der Waals surface area contributed by atoms with E-state index in [4.69, 9.17) is 9.84 Å². The van der Waals surface area contributed by atoms with Crippen LogP contribution in [0.3, 0.4) is 0 Å². The molecule has 1 amide bonds. The first-order valence-electron chi connectivity index (χ1n) is 9.02. The van der Waals surface area contributed by atoms with Gasteiger partial charge in [0.1, 0.15) is 11.4 Å². The summed E-state index contributed by atoms with van der Waals surface area (Å²) >= 11 is 0. The highest BCUT2D eigenvalue weighted by molar-refractivity contribution is 5.94. The molecule has 0 aliphatic heterocycles. The normalized spacial score (nSPS) is 10.9. The Balaban J connectivity index is 2.15. The van der Waals surface area contributed by atoms with E-state index in [2.05, 4.69) is 11.4 Å². The van der Waals surface area contributed by atoms with Gasteiger partial charge in [-0.3, -0.25) is 4.79 Å². The zero-order valence-corrected chi connectivity index (χ0v) is 16.4. The fourth-order valence-electron chi connectivity index (χ4n) is 3.03. The first kappa shape index (κ1) is 18.7. The Morgan fingerprint density at radius 2 is 1.89 bits per heavy atom. The summed E-state index contributed by atoms with van der Waals surface area (Å²) in [6, 6.07) is 15.7. The standard InChI is InChI=1S/C22H25N3O2/c1-14(2)23-22(26)21-13-19(17-7-6-8-18(12-17)27-5)24-25(21)20-10-9-15(3)11-16(20)4/h6-14H,1-5H3,(H,23,26). The van der Waals surface area contributed by atoms with E-state index in [-0.39, 0.29) is 11.9 Å². The molecule has 2 aromatic carbocycles. The van der Waals surface area contributed by atoms with Crippen LogP contribution < -0.4 is 10.1 Å². The topological polar surface area (TPSA) is 56.1 Å². The molecule has 5 heteroatoms. The second-order valence-electron chi connectivity index (χ2n) is 6.98. The van der Waals surface area contributed by atoms with Gasteiger partial charge in [0.2, 0.25) is 0 Å². The molecule has 5 nitrogen and oxygen atoms in total. The van der Waals surface area contributed by atoms with Crippen LogP contribution in [0.2, 0.25) is 0 Å². The highest BCUT2D eigenvalue weighted by Gasteiger charge is 2.19. The van der Waals surface area contributed by atoms with Crippen LogP contribution in [0.1, 0.15) is 35.5 Å². The van der Waals surface area contributed by atoms with E-state index in [0.29, 0.717) is 5.69 Å². The quantitative estimate of drug-likeness (QED) is 0.735. The minimum absolute atomic E-state index is 0.0419. The van der Waals surface area contributed by atoms with Crippen LogP contribution in [0.4, 0.5) is 0 Å². The summed E-state index contributed by atoms with van der Waals surface area (Å²) in [5.74, 6) is 0.605. The summed E-state index contributed by atoms with van der Waals surface area (Å²) in [6.45, 7) is 7.96. The maximum absolute atomic E-state index is 12.8. The highest BCUT2D eigenvalue weighted by atomic mass is 16.5. The van der Waals surface area contributed by atoms with Crippen LogP contribution in [0.25, 0.3) is 16.9 Å². The molecule has 0 bridgehead atoms. The van der Waals surface area contributed by atoms with Gasteiger partial charge in [-0.05, 0) is 57.5 Å². The van der Waals surface area contributed by atoms with Crippen molar-refractivity contribution in [3.63, 3.8) is 0 Å². The number of nitrogens with one attached hydrogen (secondary N) is 1. The maximum Gasteiger partial charge on any atom is 0.270 e. The van der Waals surface area contributed by atoms with Gasteiger partial charge in [0.15, 0.2) is 0 Å². The van der Waals surface area contributed by atoms with Crippen molar-refractivity contribution >= 4 is 5.91 Å². The Hall–Kier alpha value is -3.08. The zero-order chi connectivity index (χ0) is 19.6. The molecule has 1 aromatic heterocycles. The second kappa shape index (κ2) is 7.66. The van der Waals surface area contributed by atoms with Gasteiger partial charge in [0, 0.05) is 11.6 Å². The third kappa shape index (κ3) is 4.03. The molecule has 0 atom stereocenters. The molecule has 0 aliphatic rings. The van der Waals surface area contributed by atoms with Crippen LogP contribution in [0.5, 0.6) is 5.75 Å². The molecule has 1 N–H and O–H groups in total. The van der Waals surface area contributed by atoms with Crippen LogP contribution >= 0.6 is 0 Å². The van der Waals surface area contributed by atoms with Gasteiger partial charge in [0.25, 0.3) is 5.91 Å². The molecule has 3 rings (SSSR count). The van der Waals surface area contributed by atoms with Gasteiger partial charge >= 0.3 is 0 Å². The average Bonchev–Trinajstić information content (AvgIpc) is 3.06. The van der Waals surface area contributed by atoms with Crippen molar-refractivity contribution in [1.82, 2.24) is 15.1 Å². The number of carbonyl (C=O) groups is 1. The Kier molecular flexibility index (Phi) is 5.31. The number of aryl methyl sites for hydroxylation is 2. The van der Waals surface area contributed by atoms with Crippen molar-refractivity contribution in [1.29, 1.82) is 0 Å². The molecule has 0 unspecified atom stereocenters. The third-order valence-electron chi connectivity index (χ3n) is 4.31. The second-order valence-corrected chi connectivity index (χ2v) is 6.98. The summed E-state index contributed by atoms with van der Waals surface area (Å²) in [5.41, 5.74) is 5.26. The van der Waals surface area contributed by atoms with Gasteiger partial charge in [0.05, 0.1) is 18.5 Å². The molecular formula is C22H25N3O2. The van der Waals surface area contributed by atoms with E-state index < -0.39 is 0 Å². The zero-order valence-electron chi connectivity index (χ0n) is 16.4. The fourth-order valence-corrected chi connectivity index (χ4v) is 3.03. The molecular weight excluding hydrogens is 338 g/mol. The van der Waals surface area contributed by atoms with Gasteiger partial charge < -0.3 is 10.1 Å². The Morgan fingerprint density at radius 1 is 1.11 bits per heavy atom. The lowest BCUT2D eigenvalue weighted by Gasteiger charge is -2.12. The van der Waals surface area contributed by atoms with Crippen LogP contribution in [-0.2, 0) is 0 Å². The lowest BCUT2D eigenvalue weighted by Crippen LogP contribution is -2.31. The molecule has 0 saturated heterocycles. The molecule has 0 fully saturated rings. The van der Waals surface area contributed by atoms with E-state index in [1.54, 1.807) is 11.8 Å². The summed E-state index contributed by atoms with van der Waals surface area (Å²) in [6.07, 6.45) is 0. The smallest absolute Gasteiger partial charge is 0.270 e. The number of amides is 1. The number of benzene rings is 2. The van der Waals surface area contributed by atoms with Gasteiger partial charge in [-0.1, -0.05) is 29.8 Å². The predicted molar refractivity (Wildman–Crippen MR) is 108 cm³/mol. The van der Waals surface area contributed by atoms with Crippen molar-refractivity contribution in [2.24, 2.45) is 0 Å². The monoisotopic (exact) mass is 363 g/mol. The van der Waals surface area contributed by atoms with Gasteiger partial charge in [-0.15, -0.1) is 0 Å². The predicted octanol–water partition coefficient (Wildman–Crippen LogP) is 4.30. The number of rotatable bonds is 5. The summed E-state index contributed by atoms with van der Waals surface area (Å²) in [7, 11) is 1.63. The first-order valence-corrected chi connectivity index (χ1v) is 9.02. The molecule has 0 aliphatic carbocycles. The van der Waals surface area contributed by atoms with Crippen molar-refractivity contribution in [3.05, 3.63) is 65.4 Å². The number of hydrogen-bond acceptors (Lipinski definition) is 3. The van der Waals surface area contributed by atoms with Crippen LogP contribution in [0, 0.1) is 13.8 Å². The van der Waals surface area contributed by atoms with E-state index in [9.17, 15) is 4.79 Å². The van der Waals surface area contributed by atoms with E-state index >= 15 is 0 Å². The number of ether oxygens (including phenoxy) is 1. The molecule has 1 heterocycles. The van der Waals surface area contributed by atoms with Gasteiger partial charge in [-0.25, -0.2) is 4.68 Å². The lowest BCUT2D eigenvalue weighted by molar-refractivity contribution is 0.0935. The number of hydrogen-bond donors (Lipinski definition) is 1. The fraction of sp³-hybridized carbons (Fsp3) is 0.273. The molecule has 27 heavy (non-hydrogen) atoms. The van der Waals surface area contributed by atoms with Crippen LogP contribution in [-0.4, -0.2) is 28.8 Å². The van der Waals surface area contributed by atoms with E-state index in [1.807, 2.05) is 70.2 Å². The lowest BCUT2D eigenvalue weighted by atomic mass is 10.1. The van der Waals surface area contributed by atoms with Crippen LogP contribution in [0.15, 0.2) is 48.5 Å². The summed E-state index contributed by atoms with van der Waals surface area (Å²) < 4.78 is 7.04. The molecule has 0 saturated carbocycles. The molecule has 3 aromatic rings. The van der Waals surface area contributed by atoms with Crippen molar-refractivity contribution in [2.45, 2.75) is 33.7 Å². The highest BCUT2D eigenvalue weighted by Crippen LogP contribution is 2.26. The Morgan fingerprint density at radius 3 is 2.56 bits per heavy atom. The number of nitrogens with zero attached hydrogens (tertiary/aromatic N) is 2. The number of methoxy groups -OCH3 is 1. The molecule has 0 spiro atoms. The number of aromatic nitrogens is 2. The third-order valence-corrected chi connectivity index (χ3v) is 4.31. The largest absolute Gasteiger partial charge is 0.497 e. The van der Waals surface area contributed by atoms with Crippen molar-refractivity contribution < 1.29 is 9.53 Å². The molecule has 0 radical (unpaired) electrons. The van der Waals surface area contributed by atoms with Gasteiger partial charge in [-0.2, -0.15) is 5.10 Å². The Bertz CT molecular complexity index is 973. The SMILES string of the molecule is COc1cccc(-c2cc(C(=O)NC(C)C)n(-c3ccc(C)cc3C)n2)c1. The van der Waals surface area contributed by atoms with Crippen molar-refractivity contribution in [2.75, 3.05) is 7.11 Å². The summed E-state index contributed by atoms with van der Waals surface area (Å²) in [5, 5.41) is 7.71. The molecule has 140 valence electrons. The van der Waals surface area contributed by atoms with Crippen molar-refractivity contribution in [3.8, 4) is 22.7 Å². The maximum atomic E-state index is 12.8. The minimum atomic E-state index is -0.147. The summed E-state index contributed by atoms with van der Waals surface area (Å²) in [4.78, 5) is 12.8. The van der Waals surface area contributed by atoms with E-state index in [1.165, 1.54) is 5.56 Å². The van der Waals surface area contributed by atoms with E-state index in [0.717, 1.165) is 28.3 Å². The average molecular weight is 363 g/mol. The first-order chi connectivity index (χ1) is 12.9. The minimum Gasteiger partial charge on any atom is -0.497 e.